The number of rotatable bonds is 5. The van der Waals surface area contributed by atoms with Gasteiger partial charge in [-0.25, -0.2) is 0 Å². The van der Waals surface area contributed by atoms with Gasteiger partial charge in [0.05, 0.1) is 11.3 Å². The first-order valence-electron chi connectivity index (χ1n) is 8.73. The van der Waals surface area contributed by atoms with Crippen LogP contribution in [0, 0.1) is 0 Å². The number of nitrogens with zero attached hydrogens (tertiary/aromatic N) is 3. The number of carbonyl (C=O) groups is 1. The molecule has 32 heavy (non-hydrogen) atoms. The predicted octanol–water partition coefficient (Wildman–Crippen LogP) is 5.98. The van der Waals surface area contributed by atoms with Gasteiger partial charge in [0.2, 0.25) is 11.7 Å². The first-order chi connectivity index (χ1) is 14.9. The normalized spacial score (nSPS) is 13.1. The molecule has 0 bridgehead atoms. The second-order valence-corrected chi connectivity index (χ2v) is 7.96. The van der Waals surface area contributed by atoms with Gasteiger partial charge in [0, 0.05) is 12.1 Å². The van der Waals surface area contributed by atoms with Crippen LogP contribution in [-0.2, 0) is 24.2 Å². The molecular formula is C19H13ClF6N4OS. The van der Waals surface area contributed by atoms with Crippen LogP contribution in [0.2, 0.25) is 5.02 Å². The molecule has 1 amide bonds. The maximum Gasteiger partial charge on any atom is 0.451 e. The Morgan fingerprint density at radius 3 is 2.25 bits per heavy atom. The number of anilines is 1. The molecule has 1 atom stereocenters. The van der Waals surface area contributed by atoms with Gasteiger partial charge in [0.15, 0.2) is 5.16 Å². The Balaban J connectivity index is 1.97. The predicted molar refractivity (Wildman–Crippen MR) is 106 cm³/mol. The first kappa shape index (κ1) is 23.9. The van der Waals surface area contributed by atoms with Crippen LogP contribution in [0.3, 0.4) is 0 Å². The number of amides is 1. The van der Waals surface area contributed by atoms with E-state index in [1.165, 1.54) is 18.2 Å². The van der Waals surface area contributed by atoms with Gasteiger partial charge in [-0.05, 0) is 23.8 Å². The number of nitrogens with one attached hydrogen (secondary N) is 1. The van der Waals surface area contributed by atoms with Gasteiger partial charge in [-0.15, -0.1) is 10.2 Å². The third kappa shape index (κ3) is 5.36. The highest BCUT2D eigenvalue weighted by Crippen LogP contribution is 2.40. The molecule has 0 aliphatic rings. The van der Waals surface area contributed by atoms with E-state index in [-0.39, 0.29) is 10.2 Å². The second-order valence-electron chi connectivity index (χ2n) is 6.45. The van der Waals surface area contributed by atoms with Gasteiger partial charge < -0.3 is 9.88 Å². The average Bonchev–Trinajstić information content (AvgIpc) is 3.08. The minimum absolute atomic E-state index is 0.178. The number of benzene rings is 2. The Labute approximate surface area is 186 Å². The summed E-state index contributed by atoms with van der Waals surface area (Å²) in [7, 11) is 1.08. The summed E-state index contributed by atoms with van der Waals surface area (Å²) in [5, 5.41) is 7.15. The van der Waals surface area contributed by atoms with Crippen LogP contribution in [0.4, 0.5) is 32.0 Å². The van der Waals surface area contributed by atoms with Gasteiger partial charge in [0.25, 0.3) is 0 Å². The Morgan fingerprint density at radius 1 is 1.03 bits per heavy atom. The fourth-order valence-electron chi connectivity index (χ4n) is 2.73. The topological polar surface area (TPSA) is 59.8 Å². The third-order valence-corrected chi connectivity index (χ3v) is 5.72. The summed E-state index contributed by atoms with van der Waals surface area (Å²) in [6.07, 6.45) is -9.57. The lowest BCUT2D eigenvalue weighted by Gasteiger charge is -2.19. The lowest BCUT2D eigenvalue weighted by molar-refractivity contribution is -0.147. The van der Waals surface area contributed by atoms with Gasteiger partial charge in [-0.2, -0.15) is 26.3 Å². The molecule has 13 heteroatoms. The van der Waals surface area contributed by atoms with E-state index in [0.29, 0.717) is 28.0 Å². The molecule has 0 fully saturated rings. The average molecular weight is 495 g/mol. The van der Waals surface area contributed by atoms with Crippen LogP contribution < -0.4 is 5.32 Å². The Bertz CT molecular complexity index is 1120. The summed E-state index contributed by atoms with van der Waals surface area (Å²) in [5.74, 6) is -2.17. The molecule has 0 spiro atoms. The number of alkyl halides is 6. The fraction of sp³-hybridized carbons (Fsp3) is 0.211. The molecule has 1 N–H and O–H groups in total. The van der Waals surface area contributed by atoms with Crippen LogP contribution in [-0.4, -0.2) is 20.7 Å². The molecule has 5 nitrogen and oxygen atoms in total. The van der Waals surface area contributed by atoms with Gasteiger partial charge in [-0.3, -0.25) is 4.79 Å². The van der Waals surface area contributed by atoms with E-state index < -0.39 is 40.6 Å². The van der Waals surface area contributed by atoms with Crippen molar-refractivity contribution in [3.63, 3.8) is 0 Å². The number of hydrogen-bond donors (Lipinski definition) is 1. The molecule has 0 radical (unpaired) electrons. The Hall–Kier alpha value is -2.73. The van der Waals surface area contributed by atoms with Crippen molar-refractivity contribution < 1.29 is 31.1 Å². The highest BCUT2D eigenvalue weighted by atomic mass is 35.5. The van der Waals surface area contributed by atoms with Crippen molar-refractivity contribution in [1.29, 1.82) is 0 Å². The summed E-state index contributed by atoms with van der Waals surface area (Å²) >= 11 is 6.27. The molecular weight excluding hydrogens is 482 g/mol. The molecule has 3 aromatic rings. The molecule has 1 heterocycles. The number of thioether (sulfide) groups is 1. The third-order valence-electron chi connectivity index (χ3n) is 4.20. The lowest BCUT2D eigenvalue weighted by atomic mass is 10.1. The van der Waals surface area contributed by atoms with E-state index in [2.05, 4.69) is 15.5 Å². The summed E-state index contributed by atoms with van der Waals surface area (Å²) in [5.41, 5.74) is -1.36. The van der Waals surface area contributed by atoms with Crippen molar-refractivity contribution in [2.75, 3.05) is 5.32 Å². The maximum absolute atomic E-state index is 13.4. The van der Waals surface area contributed by atoms with Crippen molar-refractivity contribution in [3.05, 3.63) is 70.5 Å². The molecule has 0 saturated heterocycles. The van der Waals surface area contributed by atoms with Crippen molar-refractivity contribution in [3.8, 4) is 0 Å². The highest BCUT2D eigenvalue weighted by Gasteiger charge is 2.39. The molecule has 170 valence electrons. The summed E-state index contributed by atoms with van der Waals surface area (Å²) in [6.45, 7) is 0. The Morgan fingerprint density at radius 2 is 1.69 bits per heavy atom. The van der Waals surface area contributed by atoms with Gasteiger partial charge in [0.1, 0.15) is 5.25 Å². The van der Waals surface area contributed by atoms with Crippen LogP contribution in [0.5, 0.6) is 0 Å². The van der Waals surface area contributed by atoms with Crippen LogP contribution in [0.25, 0.3) is 0 Å². The Kier molecular flexibility index (Phi) is 6.75. The minimum Gasteiger partial charge on any atom is -0.324 e. The zero-order valence-corrected chi connectivity index (χ0v) is 17.6. The lowest BCUT2D eigenvalue weighted by Crippen LogP contribution is -2.22. The molecule has 0 aliphatic heterocycles. The molecule has 0 aliphatic carbocycles. The standard InChI is InChI=1S/C19H13ClF6N4OS/c1-30-16(19(24,25)26)28-29-17(30)32-14(10-5-3-2-4-6-10)15(31)27-13-8-7-11(20)9-12(13)18(21,22)23/h2-9,14H,1H3,(H,27,31). The zero-order valence-electron chi connectivity index (χ0n) is 16.0. The SMILES string of the molecule is Cn1c(SC(C(=O)Nc2ccc(Cl)cc2C(F)(F)F)c2ccccc2)nnc1C(F)(F)F. The van der Waals surface area contributed by atoms with Crippen molar-refractivity contribution in [1.82, 2.24) is 14.8 Å². The zero-order chi connectivity index (χ0) is 23.7. The number of aromatic nitrogens is 3. The van der Waals surface area contributed by atoms with Crippen LogP contribution in [0.15, 0.2) is 53.7 Å². The molecule has 1 unspecified atom stereocenters. The largest absolute Gasteiger partial charge is 0.451 e. The minimum atomic E-state index is -4.80. The summed E-state index contributed by atoms with van der Waals surface area (Å²) in [6, 6.07) is 10.7. The number of halogens is 7. The smallest absolute Gasteiger partial charge is 0.324 e. The second kappa shape index (κ2) is 9.02. The first-order valence-corrected chi connectivity index (χ1v) is 9.99. The van der Waals surface area contributed by atoms with E-state index in [1.54, 1.807) is 18.2 Å². The molecule has 3 rings (SSSR count). The summed E-state index contributed by atoms with van der Waals surface area (Å²) in [4.78, 5) is 13.0. The number of carbonyl (C=O) groups excluding carboxylic acids is 1. The summed E-state index contributed by atoms with van der Waals surface area (Å²) < 4.78 is 79.9. The van der Waals surface area contributed by atoms with Crippen LogP contribution in [0.1, 0.15) is 22.2 Å². The van der Waals surface area contributed by atoms with E-state index in [9.17, 15) is 31.1 Å². The van der Waals surface area contributed by atoms with Gasteiger partial charge >= 0.3 is 12.4 Å². The highest BCUT2D eigenvalue weighted by molar-refractivity contribution is 8.00. The maximum atomic E-state index is 13.4. The van der Waals surface area contributed by atoms with E-state index in [4.69, 9.17) is 11.6 Å². The molecule has 2 aromatic carbocycles. The van der Waals surface area contributed by atoms with E-state index in [1.807, 2.05) is 0 Å². The van der Waals surface area contributed by atoms with E-state index >= 15 is 0 Å². The van der Waals surface area contributed by atoms with Crippen molar-refractivity contribution in [2.24, 2.45) is 7.05 Å². The monoisotopic (exact) mass is 494 g/mol. The fourth-order valence-corrected chi connectivity index (χ4v) is 3.90. The van der Waals surface area contributed by atoms with E-state index in [0.717, 1.165) is 13.1 Å². The van der Waals surface area contributed by atoms with Crippen molar-refractivity contribution in [2.45, 2.75) is 22.8 Å². The van der Waals surface area contributed by atoms with Crippen molar-refractivity contribution >= 4 is 35.0 Å². The van der Waals surface area contributed by atoms with Crippen LogP contribution >= 0.6 is 23.4 Å². The molecule has 1 aromatic heterocycles. The quantitative estimate of drug-likeness (QED) is 0.350. The molecule has 0 saturated carbocycles. The van der Waals surface area contributed by atoms with Gasteiger partial charge in [-0.1, -0.05) is 53.7 Å². The number of hydrogen-bond acceptors (Lipinski definition) is 4.